The van der Waals surface area contributed by atoms with Crippen molar-refractivity contribution in [3.63, 3.8) is 0 Å². The maximum atomic E-state index is 12.0. The Morgan fingerprint density at radius 1 is 1.35 bits per heavy atom. The molecule has 0 aliphatic carbocycles. The standard InChI is InChI=1S/C12H23N3O2/c1-11-10-15(8-9-17-11)12(16)2-5-14-6-3-13-4-7-14/h11,13H,2-10H2,1H3. The van der Waals surface area contributed by atoms with Crippen LogP contribution in [-0.4, -0.2) is 74.2 Å². The van der Waals surface area contributed by atoms with Gasteiger partial charge in [-0.1, -0.05) is 0 Å². The molecular formula is C12H23N3O2. The van der Waals surface area contributed by atoms with Gasteiger partial charge in [0.2, 0.25) is 5.91 Å². The smallest absolute Gasteiger partial charge is 0.224 e. The number of nitrogens with zero attached hydrogens (tertiary/aromatic N) is 2. The number of hydrogen-bond acceptors (Lipinski definition) is 4. The van der Waals surface area contributed by atoms with Gasteiger partial charge in [0.1, 0.15) is 0 Å². The predicted molar refractivity (Wildman–Crippen MR) is 65.9 cm³/mol. The second kappa shape index (κ2) is 6.33. The predicted octanol–water partition coefficient (Wildman–Crippen LogP) is -0.471. The Morgan fingerprint density at radius 3 is 2.82 bits per heavy atom. The van der Waals surface area contributed by atoms with Crippen molar-refractivity contribution >= 4 is 5.91 Å². The molecule has 0 aromatic rings. The van der Waals surface area contributed by atoms with Crippen molar-refractivity contribution in [2.24, 2.45) is 0 Å². The van der Waals surface area contributed by atoms with E-state index < -0.39 is 0 Å². The largest absolute Gasteiger partial charge is 0.375 e. The van der Waals surface area contributed by atoms with Gasteiger partial charge in [0.25, 0.3) is 0 Å². The van der Waals surface area contributed by atoms with Crippen LogP contribution in [-0.2, 0) is 9.53 Å². The summed E-state index contributed by atoms with van der Waals surface area (Å²) in [6.07, 6.45) is 0.832. The fraction of sp³-hybridized carbons (Fsp3) is 0.917. The highest BCUT2D eigenvalue weighted by atomic mass is 16.5. The topological polar surface area (TPSA) is 44.8 Å². The third-order valence-corrected chi connectivity index (χ3v) is 3.45. The number of piperazine rings is 1. The van der Waals surface area contributed by atoms with Crippen LogP contribution in [0.15, 0.2) is 0 Å². The molecule has 1 N–H and O–H groups in total. The average molecular weight is 241 g/mol. The van der Waals surface area contributed by atoms with Crippen LogP contribution in [0, 0.1) is 0 Å². The molecule has 5 heteroatoms. The number of morpholine rings is 1. The summed E-state index contributed by atoms with van der Waals surface area (Å²) < 4.78 is 5.44. The highest BCUT2D eigenvalue weighted by Crippen LogP contribution is 2.06. The van der Waals surface area contributed by atoms with Crippen molar-refractivity contribution in [2.75, 3.05) is 52.4 Å². The maximum absolute atomic E-state index is 12.0. The molecule has 2 aliphatic heterocycles. The lowest BCUT2D eigenvalue weighted by Gasteiger charge is -2.32. The fourth-order valence-corrected chi connectivity index (χ4v) is 2.39. The zero-order valence-electron chi connectivity index (χ0n) is 10.7. The van der Waals surface area contributed by atoms with Gasteiger partial charge in [-0.15, -0.1) is 0 Å². The number of amides is 1. The Balaban J connectivity index is 1.69. The number of carbonyl (C=O) groups is 1. The molecule has 2 rings (SSSR count). The number of nitrogens with one attached hydrogen (secondary N) is 1. The lowest BCUT2D eigenvalue weighted by atomic mass is 10.2. The van der Waals surface area contributed by atoms with E-state index >= 15 is 0 Å². The van der Waals surface area contributed by atoms with Crippen LogP contribution >= 0.6 is 0 Å². The minimum absolute atomic E-state index is 0.187. The fourth-order valence-electron chi connectivity index (χ4n) is 2.39. The Labute approximate surface area is 103 Å². The van der Waals surface area contributed by atoms with Crippen LogP contribution in [0.2, 0.25) is 0 Å². The van der Waals surface area contributed by atoms with Crippen LogP contribution in [0.5, 0.6) is 0 Å². The van der Waals surface area contributed by atoms with Gasteiger partial charge in [-0.3, -0.25) is 4.79 Å². The summed E-state index contributed by atoms with van der Waals surface area (Å²) in [6, 6.07) is 0. The van der Waals surface area contributed by atoms with Crippen LogP contribution in [0.25, 0.3) is 0 Å². The molecular weight excluding hydrogens is 218 g/mol. The van der Waals surface area contributed by atoms with Gasteiger partial charge in [-0.05, 0) is 6.92 Å². The zero-order chi connectivity index (χ0) is 12.1. The van der Waals surface area contributed by atoms with Gasteiger partial charge in [-0.25, -0.2) is 0 Å². The van der Waals surface area contributed by atoms with Crippen molar-refractivity contribution in [1.82, 2.24) is 15.1 Å². The zero-order valence-corrected chi connectivity index (χ0v) is 10.7. The lowest BCUT2D eigenvalue weighted by molar-refractivity contribution is -0.138. The molecule has 1 amide bonds. The first kappa shape index (κ1) is 12.8. The normalized spacial score (nSPS) is 27.1. The lowest BCUT2D eigenvalue weighted by Crippen LogP contribution is -2.47. The summed E-state index contributed by atoms with van der Waals surface area (Å²) in [5, 5.41) is 3.32. The third kappa shape index (κ3) is 3.94. The molecule has 0 radical (unpaired) electrons. The summed E-state index contributed by atoms with van der Waals surface area (Å²) in [5.41, 5.74) is 0. The highest BCUT2D eigenvalue weighted by molar-refractivity contribution is 5.76. The molecule has 0 aromatic carbocycles. The molecule has 5 nitrogen and oxygen atoms in total. The Morgan fingerprint density at radius 2 is 2.12 bits per heavy atom. The molecule has 2 heterocycles. The summed E-state index contributed by atoms with van der Waals surface area (Å²) in [6.45, 7) is 9.32. The second-order valence-electron chi connectivity index (χ2n) is 4.86. The van der Waals surface area contributed by atoms with Gasteiger partial charge in [0.05, 0.1) is 12.7 Å². The second-order valence-corrected chi connectivity index (χ2v) is 4.86. The first-order valence-electron chi connectivity index (χ1n) is 6.58. The first-order chi connectivity index (χ1) is 8.25. The van der Waals surface area contributed by atoms with E-state index in [1.807, 2.05) is 11.8 Å². The quantitative estimate of drug-likeness (QED) is 0.725. The monoisotopic (exact) mass is 241 g/mol. The summed E-state index contributed by atoms with van der Waals surface area (Å²) in [7, 11) is 0. The first-order valence-corrected chi connectivity index (χ1v) is 6.58. The Bertz CT molecular complexity index is 254. The van der Waals surface area contributed by atoms with E-state index in [1.54, 1.807) is 0 Å². The number of ether oxygens (including phenoxy) is 1. The number of hydrogen-bond donors (Lipinski definition) is 1. The van der Waals surface area contributed by atoms with Gasteiger partial charge in [0.15, 0.2) is 0 Å². The molecule has 1 unspecified atom stereocenters. The van der Waals surface area contributed by atoms with Gasteiger partial charge >= 0.3 is 0 Å². The average Bonchev–Trinajstić information content (AvgIpc) is 2.37. The molecule has 0 aromatic heterocycles. The molecule has 2 aliphatic rings. The van der Waals surface area contributed by atoms with Gasteiger partial charge in [-0.2, -0.15) is 0 Å². The molecule has 17 heavy (non-hydrogen) atoms. The molecule has 0 bridgehead atoms. The van der Waals surface area contributed by atoms with Crippen LogP contribution in [0.1, 0.15) is 13.3 Å². The van der Waals surface area contributed by atoms with E-state index in [1.165, 1.54) is 0 Å². The molecule has 2 saturated heterocycles. The molecule has 2 fully saturated rings. The number of carbonyl (C=O) groups excluding carboxylic acids is 1. The summed E-state index contributed by atoms with van der Waals surface area (Å²) >= 11 is 0. The van der Waals surface area contributed by atoms with E-state index in [0.717, 1.165) is 45.8 Å². The minimum Gasteiger partial charge on any atom is -0.375 e. The maximum Gasteiger partial charge on any atom is 0.224 e. The summed E-state index contributed by atoms with van der Waals surface area (Å²) in [5.74, 6) is 0.277. The van der Waals surface area contributed by atoms with Crippen molar-refractivity contribution in [2.45, 2.75) is 19.4 Å². The van der Waals surface area contributed by atoms with E-state index in [4.69, 9.17) is 4.74 Å². The Hall–Kier alpha value is -0.650. The van der Waals surface area contributed by atoms with Crippen molar-refractivity contribution in [3.8, 4) is 0 Å². The molecule has 1 atom stereocenters. The van der Waals surface area contributed by atoms with Crippen molar-refractivity contribution in [1.29, 1.82) is 0 Å². The van der Waals surface area contributed by atoms with E-state index in [2.05, 4.69) is 10.2 Å². The highest BCUT2D eigenvalue weighted by Gasteiger charge is 2.21. The van der Waals surface area contributed by atoms with Crippen LogP contribution in [0.4, 0.5) is 0 Å². The Kier molecular flexibility index (Phi) is 4.76. The number of rotatable bonds is 3. The van der Waals surface area contributed by atoms with Crippen molar-refractivity contribution < 1.29 is 9.53 Å². The van der Waals surface area contributed by atoms with Gasteiger partial charge in [0, 0.05) is 52.2 Å². The molecule has 98 valence electrons. The van der Waals surface area contributed by atoms with Gasteiger partial charge < -0.3 is 19.9 Å². The molecule has 0 saturated carbocycles. The van der Waals surface area contributed by atoms with E-state index in [0.29, 0.717) is 13.0 Å². The van der Waals surface area contributed by atoms with Crippen LogP contribution < -0.4 is 5.32 Å². The minimum atomic E-state index is 0.187. The van der Waals surface area contributed by atoms with E-state index in [-0.39, 0.29) is 12.0 Å². The van der Waals surface area contributed by atoms with Crippen molar-refractivity contribution in [3.05, 3.63) is 0 Å². The van der Waals surface area contributed by atoms with Crippen LogP contribution in [0.3, 0.4) is 0 Å². The third-order valence-electron chi connectivity index (χ3n) is 3.45. The van der Waals surface area contributed by atoms with E-state index in [9.17, 15) is 4.79 Å². The SMILES string of the molecule is CC1CN(C(=O)CCN2CCNCC2)CCO1. The molecule has 0 spiro atoms. The summed E-state index contributed by atoms with van der Waals surface area (Å²) in [4.78, 5) is 16.3.